The number of hydrogen-bond acceptors (Lipinski definition) is 5. The van der Waals surface area contributed by atoms with Crippen molar-refractivity contribution in [3.05, 3.63) is 21.4 Å². The van der Waals surface area contributed by atoms with Gasteiger partial charge in [0.05, 0.1) is 17.6 Å². The number of hydrazine groups is 1. The van der Waals surface area contributed by atoms with E-state index in [1.54, 1.807) is 0 Å². The van der Waals surface area contributed by atoms with E-state index in [4.69, 9.17) is 10.6 Å². The molecule has 112 valence electrons. The van der Waals surface area contributed by atoms with Crippen LogP contribution < -0.4 is 11.3 Å². The molecule has 2 rings (SSSR count). The number of aryl methyl sites for hydroxylation is 1. The van der Waals surface area contributed by atoms with E-state index in [0.717, 1.165) is 26.1 Å². The Kier molecular flexibility index (Phi) is 5.15. The SMILES string of the molecule is CCC1COC(C)CN1Cc1cc(C(=O)NN)sc1C. The molecule has 2 unspecified atom stereocenters. The predicted octanol–water partition coefficient (Wildman–Crippen LogP) is 1.66. The van der Waals surface area contributed by atoms with Crippen molar-refractivity contribution in [1.29, 1.82) is 0 Å². The minimum absolute atomic E-state index is 0.216. The smallest absolute Gasteiger partial charge is 0.275 e. The Hall–Kier alpha value is -0.950. The van der Waals surface area contributed by atoms with Gasteiger partial charge in [-0.25, -0.2) is 5.84 Å². The number of ether oxygens (including phenoxy) is 1. The van der Waals surface area contributed by atoms with Gasteiger partial charge in [-0.2, -0.15) is 0 Å². The molecule has 1 fully saturated rings. The minimum atomic E-state index is -0.216. The fourth-order valence-corrected chi connectivity index (χ4v) is 3.50. The second kappa shape index (κ2) is 6.67. The van der Waals surface area contributed by atoms with Crippen molar-refractivity contribution in [1.82, 2.24) is 10.3 Å². The molecular formula is C14H23N3O2S. The van der Waals surface area contributed by atoms with Crippen molar-refractivity contribution in [2.45, 2.75) is 45.9 Å². The van der Waals surface area contributed by atoms with Gasteiger partial charge in [0.15, 0.2) is 0 Å². The van der Waals surface area contributed by atoms with Gasteiger partial charge in [-0.15, -0.1) is 11.3 Å². The third kappa shape index (κ3) is 3.38. The second-order valence-electron chi connectivity index (χ2n) is 5.30. The standard InChI is InChI=1S/C14H23N3O2S/c1-4-12-8-19-9(2)6-17(12)7-11-5-13(14(18)16-15)20-10(11)3/h5,9,12H,4,6-8,15H2,1-3H3,(H,16,18). The fraction of sp³-hybridized carbons (Fsp3) is 0.643. The first-order chi connectivity index (χ1) is 9.55. The van der Waals surface area contributed by atoms with Crippen LogP contribution >= 0.6 is 11.3 Å². The quantitative estimate of drug-likeness (QED) is 0.504. The highest BCUT2D eigenvalue weighted by atomic mass is 32.1. The highest BCUT2D eigenvalue weighted by molar-refractivity contribution is 7.14. The number of thiophene rings is 1. The van der Waals surface area contributed by atoms with Crippen molar-refractivity contribution in [2.75, 3.05) is 13.2 Å². The second-order valence-corrected chi connectivity index (χ2v) is 6.56. The van der Waals surface area contributed by atoms with Gasteiger partial charge in [-0.1, -0.05) is 6.92 Å². The number of nitrogens with zero attached hydrogens (tertiary/aromatic N) is 1. The molecule has 1 saturated heterocycles. The van der Waals surface area contributed by atoms with E-state index < -0.39 is 0 Å². The summed E-state index contributed by atoms with van der Waals surface area (Å²) in [4.78, 5) is 15.9. The Bertz CT molecular complexity index is 475. The first-order valence-corrected chi connectivity index (χ1v) is 7.82. The van der Waals surface area contributed by atoms with Crippen LogP contribution in [0.5, 0.6) is 0 Å². The van der Waals surface area contributed by atoms with Crippen molar-refractivity contribution >= 4 is 17.2 Å². The van der Waals surface area contributed by atoms with Crippen LogP contribution in [-0.4, -0.2) is 36.1 Å². The summed E-state index contributed by atoms with van der Waals surface area (Å²) in [5.41, 5.74) is 3.40. The lowest BCUT2D eigenvalue weighted by Gasteiger charge is -2.38. The first-order valence-electron chi connectivity index (χ1n) is 7.01. The third-order valence-corrected chi connectivity index (χ3v) is 4.89. The predicted molar refractivity (Wildman–Crippen MR) is 80.6 cm³/mol. The van der Waals surface area contributed by atoms with E-state index in [1.807, 2.05) is 6.07 Å². The molecule has 20 heavy (non-hydrogen) atoms. The molecule has 0 aromatic carbocycles. The van der Waals surface area contributed by atoms with E-state index in [-0.39, 0.29) is 12.0 Å². The van der Waals surface area contributed by atoms with E-state index in [9.17, 15) is 4.79 Å². The number of carbonyl (C=O) groups is 1. The molecule has 2 atom stereocenters. The van der Waals surface area contributed by atoms with E-state index in [0.29, 0.717) is 10.9 Å². The summed E-state index contributed by atoms with van der Waals surface area (Å²) in [6, 6.07) is 2.41. The van der Waals surface area contributed by atoms with Crippen LogP contribution in [0.4, 0.5) is 0 Å². The maximum Gasteiger partial charge on any atom is 0.275 e. The van der Waals surface area contributed by atoms with Crippen molar-refractivity contribution in [2.24, 2.45) is 5.84 Å². The third-order valence-electron chi connectivity index (χ3n) is 3.80. The lowest BCUT2D eigenvalue weighted by atomic mass is 10.1. The summed E-state index contributed by atoms with van der Waals surface area (Å²) in [7, 11) is 0. The van der Waals surface area contributed by atoms with Gasteiger partial charge in [0.2, 0.25) is 0 Å². The molecule has 6 heteroatoms. The number of nitrogen functional groups attached to an aromatic ring is 1. The van der Waals surface area contributed by atoms with Crippen molar-refractivity contribution in [3.63, 3.8) is 0 Å². The number of carbonyl (C=O) groups excluding carboxylic acids is 1. The topological polar surface area (TPSA) is 67.6 Å². The molecule has 1 aromatic heterocycles. The Labute approximate surface area is 124 Å². The van der Waals surface area contributed by atoms with Crippen LogP contribution in [0.1, 0.15) is 40.4 Å². The summed E-state index contributed by atoms with van der Waals surface area (Å²) < 4.78 is 5.72. The number of hydrogen-bond donors (Lipinski definition) is 2. The van der Waals surface area contributed by atoms with Gasteiger partial charge in [-0.05, 0) is 31.9 Å². The molecule has 1 aliphatic heterocycles. The van der Waals surface area contributed by atoms with Crippen molar-refractivity contribution < 1.29 is 9.53 Å². The Morgan fingerprint density at radius 1 is 1.65 bits per heavy atom. The largest absolute Gasteiger partial charge is 0.376 e. The molecule has 1 aliphatic rings. The highest BCUT2D eigenvalue weighted by Gasteiger charge is 2.26. The lowest BCUT2D eigenvalue weighted by molar-refractivity contribution is -0.0592. The number of nitrogens with one attached hydrogen (secondary N) is 1. The molecule has 5 nitrogen and oxygen atoms in total. The van der Waals surface area contributed by atoms with Gasteiger partial charge in [0.25, 0.3) is 5.91 Å². The summed E-state index contributed by atoms with van der Waals surface area (Å²) >= 11 is 1.50. The van der Waals surface area contributed by atoms with Crippen LogP contribution in [0.3, 0.4) is 0 Å². The fourth-order valence-electron chi connectivity index (χ4n) is 2.56. The molecular weight excluding hydrogens is 274 g/mol. The minimum Gasteiger partial charge on any atom is -0.376 e. The summed E-state index contributed by atoms with van der Waals surface area (Å²) in [5.74, 6) is 4.97. The number of amides is 1. The van der Waals surface area contributed by atoms with Gasteiger partial charge >= 0.3 is 0 Å². The Balaban J connectivity index is 2.11. The molecule has 0 radical (unpaired) electrons. The molecule has 2 heterocycles. The molecule has 0 saturated carbocycles. The lowest BCUT2D eigenvalue weighted by Crippen LogP contribution is -2.47. The average molecular weight is 297 g/mol. The molecule has 1 aromatic rings. The molecule has 3 N–H and O–H groups in total. The van der Waals surface area contributed by atoms with Gasteiger partial charge in [-0.3, -0.25) is 15.1 Å². The van der Waals surface area contributed by atoms with Crippen molar-refractivity contribution in [3.8, 4) is 0 Å². The average Bonchev–Trinajstić information content (AvgIpc) is 2.79. The molecule has 1 amide bonds. The van der Waals surface area contributed by atoms with Gasteiger partial charge in [0, 0.05) is 24.0 Å². The number of rotatable bonds is 4. The van der Waals surface area contributed by atoms with Crippen LogP contribution in [-0.2, 0) is 11.3 Å². The molecule has 0 bridgehead atoms. The van der Waals surface area contributed by atoms with Gasteiger partial charge in [0.1, 0.15) is 0 Å². The normalized spacial score (nSPS) is 23.8. The van der Waals surface area contributed by atoms with Crippen LogP contribution in [0.25, 0.3) is 0 Å². The number of morpholine rings is 1. The monoisotopic (exact) mass is 297 g/mol. The van der Waals surface area contributed by atoms with E-state index in [1.165, 1.54) is 21.8 Å². The first kappa shape index (κ1) is 15.4. The maximum absolute atomic E-state index is 11.6. The van der Waals surface area contributed by atoms with E-state index >= 15 is 0 Å². The number of nitrogens with two attached hydrogens (primary N) is 1. The van der Waals surface area contributed by atoms with Gasteiger partial charge < -0.3 is 4.74 Å². The Morgan fingerprint density at radius 3 is 3.05 bits per heavy atom. The zero-order valence-corrected chi connectivity index (χ0v) is 13.1. The summed E-state index contributed by atoms with van der Waals surface area (Å²) in [5, 5.41) is 0. The summed E-state index contributed by atoms with van der Waals surface area (Å²) in [6.45, 7) is 8.94. The molecule has 0 spiro atoms. The van der Waals surface area contributed by atoms with Crippen LogP contribution in [0.15, 0.2) is 6.07 Å². The zero-order valence-electron chi connectivity index (χ0n) is 12.3. The summed E-state index contributed by atoms with van der Waals surface area (Å²) in [6.07, 6.45) is 1.34. The highest BCUT2D eigenvalue weighted by Crippen LogP contribution is 2.25. The maximum atomic E-state index is 11.6. The van der Waals surface area contributed by atoms with Crippen LogP contribution in [0, 0.1) is 6.92 Å². The Morgan fingerprint density at radius 2 is 2.40 bits per heavy atom. The van der Waals surface area contributed by atoms with E-state index in [2.05, 4.69) is 31.1 Å². The van der Waals surface area contributed by atoms with Crippen LogP contribution in [0.2, 0.25) is 0 Å². The molecule has 0 aliphatic carbocycles. The zero-order chi connectivity index (χ0) is 14.7.